The molecule has 1 aromatic carbocycles. The zero-order valence-corrected chi connectivity index (χ0v) is 9.14. The average molecular weight is 252 g/mol. The van der Waals surface area contributed by atoms with Gasteiger partial charge in [0.1, 0.15) is 0 Å². The molecule has 0 radical (unpaired) electrons. The van der Waals surface area contributed by atoms with Crippen LogP contribution in [0.15, 0.2) is 18.2 Å². The molecule has 0 spiro atoms. The molecule has 0 heterocycles. The van der Waals surface area contributed by atoms with Gasteiger partial charge in [0.15, 0.2) is 0 Å². The first-order valence-electron chi connectivity index (χ1n) is 4.52. The van der Waals surface area contributed by atoms with E-state index in [2.05, 4.69) is 0 Å². The van der Waals surface area contributed by atoms with Crippen LogP contribution in [0.5, 0.6) is 0 Å². The summed E-state index contributed by atoms with van der Waals surface area (Å²) in [5.41, 5.74) is -0.955. The average Bonchev–Trinajstić information content (AvgIpc) is 2.16. The van der Waals surface area contributed by atoms with E-state index >= 15 is 0 Å². The largest absolute Gasteiger partial charge is 0.491 e. The summed E-state index contributed by atoms with van der Waals surface area (Å²) >= 11 is 5.42. The van der Waals surface area contributed by atoms with E-state index in [0.717, 1.165) is 12.1 Å². The van der Waals surface area contributed by atoms with Crippen molar-refractivity contribution in [2.24, 2.45) is 0 Å². The van der Waals surface area contributed by atoms with Gasteiger partial charge in [-0.3, -0.25) is 0 Å². The topological polar surface area (TPSA) is 29.5 Å². The lowest BCUT2D eigenvalue weighted by atomic mass is 9.79. The summed E-state index contributed by atoms with van der Waals surface area (Å²) in [7, 11) is -1.37. The number of alkyl halides is 3. The summed E-state index contributed by atoms with van der Waals surface area (Å²) in [4.78, 5) is 0. The van der Waals surface area contributed by atoms with Crippen LogP contribution in [0, 0.1) is 0 Å². The maximum Gasteiger partial charge on any atom is 0.491 e. The van der Waals surface area contributed by atoms with Crippen molar-refractivity contribution < 1.29 is 22.8 Å². The minimum Gasteiger partial charge on any atom is -0.423 e. The molecule has 7 heteroatoms. The smallest absolute Gasteiger partial charge is 0.423 e. The second kappa shape index (κ2) is 5.08. The van der Waals surface area contributed by atoms with Crippen molar-refractivity contribution in [3.8, 4) is 0 Å². The summed E-state index contributed by atoms with van der Waals surface area (Å²) in [6, 6.07) is 3.16. The molecule has 0 aliphatic heterocycles. The standard InChI is InChI=1S/C9H9BClF3O2/c1-2-16-10(15)6-3-4-8(11)7(5-6)9(12,13)14/h3-5,15H,2H2,1H3. The molecule has 0 saturated heterocycles. The van der Waals surface area contributed by atoms with Crippen LogP contribution < -0.4 is 5.46 Å². The third kappa shape index (κ3) is 3.14. The molecule has 0 amide bonds. The van der Waals surface area contributed by atoms with Gasteiger partial charge in [-0.15, -0.1) is 0 Å². The van der Waals surface area contributed by atoms with Crippen molar-refractivity contribution in [1.82, 2.24) is 0 Å². The highest BCUT2D eigenvalue weighted by molar-refractivity contribution is 6.60. The van der Waals surface area contributed by atoms with Crippen LogP contribution in [-0.2, 0) is 10.8 Å². The summed E-state index contributed by atoms with van der Waals surface area (Å²) < 4.78 is 42.2. The minimum atomic E-state index is -4.54. The van der Waals surface area contributed by atoms with Crippen molar-refractivity contribution in [3.05, 3.63) is 28.8 Å². The van der Waals surface area contributed by atoms with Crippen molar-refractivity contribution in [2.45, 2.75) is 13.1 Å². The van der Waals surface area contributed by atoms with Gasteiger partial charge >= 0.3 is 13.3 Å². The van der Waals surface area contributed by atoms with Gasteiger partial charge < -0.3 is 9.68 Å². The molecule has 0 aliphatic carbocycles. The van der Waals surface area contributed by atoms with E-state index in [4.69, 9.17) is 16.3 Å². The van der Waals surface area contributed by atoms with Crippen LogP contribution in [0.25, 0.3) is 0 Å². The van der Waals surface area contributed by atoms with Gasteiger partial charge in [-0.05, 0) is 24.5 Å². The SMILES string of the molecule is CCOB(O)c1ccc(Cl)c(C(F)(F)F)c1. The van der Waals surface area contributed by atoms with Crippen molar-refractivity contribution in [3.63, 3.8) is 0 Å². The van der Waals surface area contributed by atoms with Gasteiger partial charge in [-0.25, -0.2) is 0 Å². The summed E-state index contributed by atoms with van der Waals surface area (Å²) in [6.07, 6.45) is -4.54. The fourth-order valence-electron chi connectivity index (χ4n) is 1.17. The van der Waals surface area contributed by atoms with E-state index in [1.54, 1.807) is 6.92 Å². The zero-order chi connectivity index (χ0) is 12.3. The lowest BCUT2D eigenvalue weighted by Crippen LogP contribution is -2.34. The molecule has 0 aromatic heterocycles. The van der Waals surface area contributed by atoms with E-state index in [-0.39, 0.29) is 12.1 Å². The molecule has 1 rings (SSSR count). The lowest BCUT2D eigenvalue weighted by Gasteiger charge is -2.12. The number of halogens is 4. The first-order chi connectivity index (χ1) is 7.36. The van der Waals surface area contributed by atoms with E-state index in [1.165, 1.54) is 6.07 Å². The molecule has 0 aliphatic rings. The molecule has 0 atom stereocenters. The predicted octanol–water partition coefficient (Wildman–Crippen LogP) is 2.08. The Morgan fingerprint density at radius 2 is 2.06 bits per heavy atom. The molecule has 0 fully saturated rings. The van der Waals surface area contributed by atoms with Crippen molar-refractivity contribution in [2.75, 3.05) is 6.61 Å². The number of hydrogen-bond acceptors (Lipinski definition) is 2. The summed E-state index contributed by atoms with van der Waals surface area (Å²) in [6.45, 7) is 1.83. The lowest BCUT2D eigenvalue weighted by molar-refractivity contribution is -0.137. The van der Waals surface area contributed by atoms with E-state index in [9.17, 15) is 18.2 Å². The third-order valence-electron chi connectivity index (χ3n) is 1.91. The molecular weight excluding hydrogens is 243 g/mol. The second-order valence-corrected chi connectivity index (χ2v) is 3.45. The Labute approximate surface area is 96.1 Å². The van der Waals surface area contributed by atoms with Gasteiger partial charge in [0.05, 0.1) is 10.6 Å². The summed E-state index contributed by atoms with van der Waals surface area (Å²) in [5, 5.41) is 8.97. The second-order valence-electron chi connectivity index (χ2n) is 3.04. The Morgan fingerprint density at radius 1 is 1.44 bits per heavy atom. The van der Waals surface area contributed by atoms with E-state index in [1.807, 2.05) is 0 Å². The Morgan fingerprint density at radius 3 is 2.56 bits per heavy atom. The van der Waals surface area contributed by atoms with Crippen LogP contribution in [0.4, 0.5) is 13.2 Å². The van der Waals surface area contributed by atoms with Crippen molar-refractivity contribution in [1.29, 1.82) is 0 Å². The maximum absolute atomic E-state index is 12.5. The fraction of sp³-hybridized carbons (Fsp3) is 0.333. The van der Waals surface area contributed by atoms with E-state index < -0.39 is 23.9 Å². The van der Waals surface area contributed by atoms with Crippen LogP contribution in [0.2, 0.25) is 5.02 Å². The first-order valence-corrected chi connectivity index (χ1v) is 4.90. The predicted molar refractivity (Wildman–Crippen MR) is 55.7 cm³/mol. The molecule has 1 N–H and O–H groups in total. The van der Waals surface area contributed by atoms with Gasteiger partial charge in [-0.1, -0.05) is 17.7 Å². The van der Waals surface area contributed by atoms with Gasteiger partial charge in [0.2, 0.25) is 0 Å². The first kappa shape index (κ1) is 13.4. The van der Waals surface area contributed by atoms with Crippen LogP contribution >= 0.6 is 11.6 Å². The zero-order valence-electron chi connectivity index (χ0n) is 8.38. The highest BCUT2D eigenvalue weighted by Crippen LogP contribution is 2.33. The highest BCUT2D eigenvalue weighted by atomic mass is 35.5. The highest BCUT2D eigenvalue weighted by Gasteiger charge is 2.34. The monoisotopic (exact) mass is 252 g/mol. The number of rotatable bonds is 3. The normalized spacial score (nSPS) is 11.6. The molecule has 88 valence electrons. The van der Waals surface area contributed by atoms with E-state index in [0.29, 0.717) is 0 Å². The van der Waals surface area contributed by atoms with Crippen molar-refractivity contribution >= 4 is 24.2 Å². The number of hydrogen-bond donors (Lipinski definition) is 1. The maximum atomic E-state index is 12.5. The molecular formula is C9H9BClF3O2. The third-order valence-corrected chi connectivity index (χ3v) is 2.24. The summed E-state index contributed by atoms with van der Waals surface area (Å²) in [5.74, 6) is 0. The Hall–Kier alpha value is -0.715. The van der Waals surface area contributed by atoms with Crippen LogP contribution in [0.3, 0.4) is 0 Å². The molecule has 0 saturated carbocycles. The Balaban J connectivity index is 3.07. The minimum absolute atomic E-state index is 0.0265. The molecule has 0 bridgehead atoms. The Bertz CT molecular complexity index is 370. The van der Waals surface area contributed by atoms with Crippen LogP contribution in [-0.4, -0.2) is 18.7 Å². The fourth-order valence-corrected chi connectivity index (χ4v) is 1.39. The van der Waals surface area contributed by atoms with Gasteiger partial charge in [0.25, 0.3) is 0 Å². The molecule has 1 aromatic rings. The molecule has 0 unspecified atom stereocenters. The van der Waals surface area contributed by atoms with Gasteiger partial charge in [0, 0.05) is 6.61 Å². The number of benzene rings is 1. The molecule has 16 heavy (non-hydrogen) atoms. The van der Waals surface area contributed by atoms with Crippen LogP contribution in [0.1, 0.15) is 12.5 Å². The van der Waals surface area contributed by atoms with Gasteiger partial charge in [-0.2, -0.15) is 13.2 Å². The Kier molecular flexibility index (Phi) is 4.24. The molecule has 2 nitrogen and oxygen atoms in total. The quantitative estimate of drug-likeness (QED) is 0.835.